The number of carbonyl (C=O) groups excluding carboxylic acids is 3. The minimum Gasteiger partial charge on any atom is -0.494 e. The normalized spacial score (nSPS) is 14.8. The highest BCUT2D eigenvalue weighted by atomic mass is 35.5. The highest BCUT2D eigenvalue weighted by Crippen LogP contribution is 2.29. The van der Waals surface area contributed by atoms with Crippen LogP contribution in [0.2, 0.25) is 10.0 Å². The molecule has 3 aromatic rings. The van der Waals surface area contributed by atoms with Crippen LogP contribution in [-0.4, -0.2) is 53.6 Å². The number of esters is 1. The van der Waals surface area contributed by atoms with E-state index in [0.29, 0.717) is 52.3 Å². The van der Waals surface area contributed by atoms with Crippen molar-refractivity contribution in [1.29, 1.82) is 0 Å². The Morgan fingerprint density at radius 2 is 1.68 bits per heavy atom. The van der Waals surface area contributed by atoms with Gasteiger partial charge in [0.25, 0.3) is 5.91 Å². The molecule has 0 spiro atoms. The Morgan fingerprint density at radius 1 is 0.976 bits per heavy atom. The van der Waals surface area contributed by atoms with Gasteiger partial charge >= 0.3 is 5.97 Å². The summed E-state index contributed by atoms with van der Waals surface area (Å²) >= 11 is 18.2. The molecule has 1 atom stereocenters. The van der Waals surface area contributed by atoms with Gasteiger partial charge in [-0.05, 0) is 98.7 Å². The van der Waals surface area contributed by atoms with Gasteiger partial charge in [-0.15, -0.1) is 0 Å². The predicted octanol–water partition coefficient (Wildman–Crippen LogP) is 6.14. The second kappa shape index (κ2) is 13.8. The molecule has 1 aliphatic rings. The maximum absolute atomic E-state index is 13.7. The Hall–Kier alpha value is -3.66. The summed E-state index contributed by atoms with van der Waals surface area (Å²) in [5.41, 5.74) is 2.25. The molecule has 1 N–H and O–H groups in total. The Bertz CT molecular complexity index is 1430. The van der Waals surface area contributed by atoms with Crippen LogP contribution in [-0.2, 0) is 20.7 Å². The lowest BCUT2D eigenvalue weighted by Gasteiger charge is -2.24. The lowest BCUT2D eigenvalue weighted by molar-refractivity contribution is -0.124. The highest BCUT2D eigenvalue weighted by molar-refractivity contribution is 7.80. The quantitative estimate of drug-likeness (QED) is 0.205. The van der Waals surface area contributed by atoms with E-state index in [9.17, 15) is 14.4 Å². The fourth-order valence-corrected chi connectivity index (χ4v) is 5.36. The van der Waals surface area contributed by atoms with Crippen molar-refractivity contribution in [2.24, 2.45) is 0 Å². The van der Waals surface area contributed by atoms with Gasteiger partial charge in [-0.1, -0.05) is 29.3 Å². The van der Waals surface area contributed by atoms with Crippen LogP contribution in [0.1, 0.15) is 36.2 Å². The smallest absolute Gasteiger partial charge is 0.338 e. The van der Waals surface area contributed by atoms with E-state index in [1.807, 2.05) is 13.0 Å². The first-order chi connectivity index (χ1) is 19.7. The first-order valence-corrected chi connectivity index (χ1v) is 14.3. The molecule has 1 unspecified atom stereocenters. The summed E-state index contributed by atoms with van der Waals surface area (Å²) in [6.45, 7) is 4.75. The monoisotopic (exact) mass is 613 g/mol. The summed E-state index contributed by atoms with van der Waals surface area (Å²) in [4.78, 5) is 42.1. The number of thiocarbonyl (C=S) groups is 1. The number of carbonyl (C=O) groups is 3. The molecule has 1 aliphatic heterocycles. The number of ether oxygens (including phenoxy) is 2. The number of hydrogen-bond acceptors (Lipinski definition) is 6. The van der Waals surface area contributed by atoms with Gasteiger partial charge in [0.05, 0.1) is 30.9 Å². The average molecular weight is 615 g/mol. The van der Waals surface area contributed by atoms with E-state index in [1.165, 1.54) is 4.90 Å². The minimum absolute atomic E-state index is 0.127. The average Bonchev–Trinajstić information content (AvgIpc) is 3.17. The third-order valence-corrected chi connectivity index (χ3v) is 7.42. The molecular weight excluding hydrogens is 585 g/mol. The number of nitrogens with one attached hydrogen (secondary N) is 1. The Kier molecular flexibility index (Phi) is 10.2. The summed E-state index contributed by atoms with van der Waals surface area (Å²) in [7, 11) is 0. The van der Waals surface area contributed by atoms with Crippen LogP contribution in [0.5, 0.6) is 5.75 Å². The van der Waals surface area contributed by atoms with Crippen molar-refractivity contribution >= 4 is 69.7 Å². The number of nitrogens with zero attached hydrogens (tertiary/aromatic N) is 2. The Labute approximate surface area is 254 Å². The maximum atomic E-state index is 13.7. The molecule has 3 aromatic carbocycles. The molecule has 214 valence electrons. The minimum atomic E-state index is -0.846. The highest BCUT2D eigenvalue weighted by Gasteiger charge is 2.44. The van der Waals surface area contributed by atoms with Crippen molar-refractivity contribution in [1.82, 2.24) is 4.90 Å². The molecule has 0 aromatic heterocycles. The lowest BCUT2D eigenvalue weighted by Crippen LogP contribution is -2.39. The van der Waals surface area contributed by atoms with Crippen LogP contribution in [0, 0.1) is 0 Å². The lowest BCUT2D eigenvalue weighted by atomic mass is 10.1. The Morgan fingerprint density at radius 3 is 2.32 bits per heavy atom. The zero-order valence-electron chi connectivity index (χ0n) is 22.6. The van der Waals surface area contributed by atoms with E-state index in [1.54, 1.807) is 72.5 Å². The summed E-state index contributed by atoms with van der Waals surface area (Å²) in [6, 6.07) is 17.8. The first kappa shape index (κ1) is 30.3. The van der Waals surface area contributed by atoms with E-state index < -0.39 is 12.0 Å². The number of hydrogen-bond donors (Lipinski definition) is 1. The maximum Gasteiger partial charge on any atom is 0.338 e. The zero-order valence-corrected chi connectivity index (χ0v) is 24.9. The number of rotatable bonds is 11. The summed E-state index contributed by atoms with van der Waals surface area (Å²) in [5.74, 6) is -0.453. The largest absolute Gasteiger partial charge is 0.494 e. The standard InChI is InChI=1S/C30H29Cl2N3O5S/c1-3-39-24-13-9-22(10-14-24)33-27(36)18-26-28(37)35(23-11-6-20(7-12-23)29(38)40-4-2)30(41)34(26)16-15-19-5-8-21(31)17-25(19)32/h5-14,17,26H,3-4,15-16,18H2,1-2H3,(H,33,36). The van der Waals surface area contributed by atoms with Crippen molar-refractivity contribution in [3.05, 3.63) is 87.9 Å². The molecule has 1 heterocycles. The zero-order chi connectivity index (χ0) is 29.5. The van der Waals surface area contributed by atoms with Gasteiger partial charge in [0, 0.05) is 22.3 Å². The number of anilines is 2. The van der Waals surface area contributed by atoms with Gasteiger partial charge in [-0.25, -0.2) is 4.79 Å². The molecule has 41 heavy (non-hydrogen) atoms. The van der Waals surface area contributed by atoms with Crippen molar-refractivity contribution in [2.75, 3.05) is 30.0 Å². The van der Waals surface area contributed by atoms with E-state index in [4.69, 9.17) is 44.9 Å². The predicted molar refractivity (Wildman–Crippen MR) is 164 cm³/mol. The van der Waals surface area contributed by atoms with Gasteiger partial charge in [-0.3, -0.25) is 14.5 Å². The van der Waals surface area contributed by atoms with Crippen LogP contribution in [0.4, 0.5) is 11.4 Å². The van der Waals surface area contributed by atoms with Crippen LogP contribution < -0.4 is 15.0 Å². The molecule has 0 aliphatic carbocycles. The molecule has 0 radical (unpaired) electrons. The van der Waals surface area contributed by atoms with Crippen molar-refractivity contribution in [3.63, 3.8) is 0 Å². The fourth-order valence-electron chi connectivity index (χ4n) is 4.44. The van der Waals surface area contributed by atoms with Crippen molar-refractivity contribution in [3.8, 4) is 5.75 Å². The fraction of sp³-hybridized carbons (Fsp3) is 0.267. The summed E-state index contributed by atoms with van der Waals surface area (Å²) < 4.78 is 10.5. The van der Waals surface area contributed by atoms with Gasteiger partial charge in [0.15, 0.2) is 5.11 Å². The van der Waals surface area contributed by atoms with Crippen LogP contribution in [0.3, 0.4) is 0 Å². The molecular formula is C30H29Cl2N3O5S. The van der Waals surface area contributed by atoms with E-state index in [2.05, 4.69) is 5.32 Å². The van der Waals surface area contributed by atoms with Crippen molar-refractivity contribution in [2.45, 2.75) is 32.7 Å². The Balaban J connectivity index is 1.55. The molecule has 0 bridgehead atoms. The molecule has 1 saturated heterocycles. The van der Waals surface area contributed by atoms with Gasteiger partial charge in [0.1, 0.15) is 11.8 Å². The molecule has 0 saturated carbocycles. The molecule has 8 nitrogen and oxygen atoms in total. The summed E-state index contributed by atoms with van der Waals surface area (Å²) in [5, 5.41) is 4.13. The van der Waals surface area contributed by atoms with E-state index in [-0.39, 0.29) is 30.0 Å². The third kappa shape index (κ3) is 7.35. The molecule has 11 heteroatoms. The van der Waals surface area contributed by atoms with Gasteiger partial charge in [-0.2, -0.15) is 0 Å². The van der Waals surface area contributed by atoms with E-state index in [0.717, 1.165) is 5.56 Å². The second-order valence-electron chi connectivity index (χ2n) is 9.13. The number of amides is 2. The molecule has 4 rings (SSSR count). The first-order valence-electron chi connectivity index (χ1n) is 13.1. The third-order valence-electron chi connectivity index (χ3n) is 6.42. The second-order valence-corrected chi connectivity index (χ2v) is 10.3. The molecule has 1 fully saturated rings. The summed E-state index contributed by atoms with van der Waals surface area (Å²) in [6.07, 6.45) is 0.341. The van der Waals surface area contributed by atoms with Crippen LogP contribution >= 0.6 is 35.4 Å². The topological polar surface area (TPSA) is 88.2 Å². The van der Waals surface area contributed by atoms with E-state index >= 15 is 0 Å². The van der Waals surface area contributed by atoms with Crippen LogP contribution in [0.15, 0.2) is 66.7 Å². The van der Waals surface area contributed by atoms with Gasteiger partial charge in [0.2, 0.25) is 5.91 Å². The van der Waals surface area contributed by atoms with Crippen molar-refractivity contribution < 1.29 is 23.9 Å². The SMILES string of the molecule is CCOC(=O)c1ccc(N2C(=O)C(CC(=O)Nc3ccc(OCC)cc3)N(CCc3ccc(Cl)cc3Cl)C2=S)cc1. The molecule has 2 amide bonds. The number of benzene rings is 3. The number of halogens is 2. The van der Waals surface area contributed by atoms with Crippen LogP contribution in [0.25, 0.3) is 0 Å². The van der Waals surface area contributed by atoms with Gasteiger partial charge < -0.3 is 19.7 Å².